The highest BCUT2D eigenvalue weighted by molar-refractivity contribution is 7.92. The van der Waals surface area contributed by atoms with Crippen LogP contribution in [0.2, 0.25) is 10.0 Å². The second kappa shape index (κ2) is 8.29. The number of anilines is 2. The predicted molar refractivity (Wildman–Crippen MR) is 108 cm³/mol. The largest absolute Gasteiger partial charge is 0.324 e. The number of hydrogen-bond donors (Lipinski definition) is 1. The highest BCUT2D eigenvalue weighted by atomic mass is 35.5. The summed E-state index contributed by atoms with van der Waals surface area (Å²) in [5, 5.41) is 3.68. The summed E-state index contributed by atoms with van der Waals surface area (Å²) in [5.41, 5.74) is 1.63. The molecule has 1 amide bonds. The average molecular weight is 415 g/mol. The molecule has 2 rings (SSSR count). The Hall–Kier alpha value is -1.76. The Morgan fingerprint density at radius 2 is 1.69 bits per heavy atom. The lowest BCUT2D eigenvalue weighted by molar-refractivity contribution is -0.117. The van der Waals surface area contributed by atoms with Crippen LogP contribution in [0, 0.1) is 6.92 Å². The number of amides is 1. The van der Waals surface area contributed by atoms with E-state index < -0.39 is 22.0 Å². The van der Waals surface area contributed by atoms with Crippen molar-refractivity contribution in [3.8, 4) is 0 Å². The average Bonchev–Trinajstić information content (AvgIpc) is 2.56. The molecule has 26 heavy (non-hydrogen) atoms. The van der Waals surface area contributed by atoms with Crippen molar-refractivity contribution in [3.05, 3.63) is 58.1 Å². The molecule has 0 spiro atoms. The number of sulfonamides is 1. The van der Waals surface area contributed by atoms with Gasteiger partial charge in [-0.25, -0.2) is 8.42 Å². The van der Waals surface area contributed by atoms with Gasteiger partial charge < -0.3 is 5.32 Å². The zero-order valence-corrected chi connectivity index (χ0v) is 17.0. The highest BCUT2D eigenvalue weighted by Crippen LogP contribution is 2.29. The minimum atomic E-state index is -3.72. The van der Waals surface area contributed by atoms with Crippen molar-refractivity contribution in [1.29, 1.82) is 0 Å². The Labute approximate surface area is 164 Å². The maximum atomic E-state index is 12.8. The summed E-state index contributed by atoms with van der Waals surface area (Å²) in [6.07, 6.45) is 1.37. The van der Waals surface area contributed by atoms with Gasteiger partial charge in [-0.1, -0.05) is 36.2 Å². The molecular weight excluding hydrogens is 395 g/mol. The fraction of sp³-hybridized carbons (Fsp3) is 0.278. The summed E-state index contributed by atoms with van der Waals surface area (Å²) in [4.78, 5) is 12.8. The Kier molecular flexibility index (Phi) is 6.55. The summed E-state index contributed by atoms with van der Waals surface area (Å²) in [5.74, 6) is -0.431. The van der Waals surface area contributed by atoms with Crippen LogP contribution < -0.4 is 9.62 Å². The number of nitrogens with one attached hydrogen (secondary N) is 1. The maximum absolute atomic E-state index is 12.8. The lowest BCUT2D eigenvalue weighted by Crippen LogP contribution is -2.47. The lowest BCUT2D eigenvalue weighted by atomic mass is 10.1. The zero-order valence-electron chi connectivity index (χ0n) is 14.7. The minimum Gasteiger partial charge on any atom is -0.324 e. The van der Waals surface area contributed by atoms with Crippen molar-refractivity contribution in [3.63, 3.8) is 0 Å². The van der Waals surface area contributed by atoms with E-state index in [0.29, 0.717) is 33.4 Å². The Balaban J connectivity index is 2.42. The van der Waals surface area contributed by atoms with Crippen LogP contribution >= 0.6 is 23.2 Å². The van der Waals surface area contributed by atoms with Gasteiger partial charge in [-0.3, -0.25) is 9.10 Å². The fourth-order valence-corrected chi connectivity index (χ4v) is 4.17. The lowest BCUT2D eigenvalue weighted by Gasteiger charge is -2.31. The van der Waals surface area contributed by atoms with E-state index in [9.17, 15) is 13.2 Å². The van der Waals surface area contributed by atoms with Crippen LogP contribution in [0.4, 0.5) is 11.4 Å². The number of carbonyl (C=O) groups excluding carboxylic acids is 1. The number of nitrogens with zero attached hydrogens (tertiary/aromatic N) is 1. The number of rotatable bonds is 6. The molecule has 0 bridgehead atoms. The molecule has 1 atom stereocenters. The van der Waals surface area contributed by atoms with E-state index in [-0.39, 0.29) is 0 Å². The van der Waals surface area contributed by atoms with Gasteiger partial charge in [-0.2, -0.15) is 0 Å². The molecular formula is C18H20Cl2N2O3S. The van der Waals surface area contributed by atoms with Gasteiger partial charge in [0.05, 0.1) is 11.9 Å². The second-order valence-electron chi connectivity index (χ2n) is 5.91. The molecule has 0 aliphatic heterocycles. The first kappa shape index (κ1) is 20.6. The Morgan fingerprint density at radius 1 is 1.12 bits per heavy atom. The van der Waals surface area contributed by atoms with Crippen LogP contribution in [-0.2, 0) is 14.8 Å². The van der Waals surface area contributed by atoms with Crippen molar-refractivity contribution >= 4 is 50.5 Å². The van der Waals surface area contributed by atoms with E-state index in [0.717, 1.165) is 10.6 Å². The first-order valence-corrected chi connectivity index (χ1v) is 10.6. The van der Waals surface area contributed by atoms with Crippen LogP contribution in [0.25, 0.3) is 0 Å². The van der Waals surface area contributed by atoms with E-state index >= 15 is 0 Å². The predicted octanol–water partition coefficient (Wildman–Crippen LogP) is 4.49. The van der Waals surface area contributed by atoms with Crippen molar-refractivity contribution < 1.29 is 13.2 Å². The SMILES string of the molecule is CCC(C(=O)Nc1ccc(Cl)cc1)N(c1cc(Cl)ccc1C)S(C)(=O)=O. The third-order valence-corrected chi connectivity index (χ3v) is 5.50. The van der Waals surface area contributed by atoms with Crippen LogP contribution in [0.3, 0.4) is 0 Å². The number of benzene rings is 2. The Morgan fingerprint density at radius 3 is 2.23 bits per heavy atom. The third-order valence-electron chi connectivity index (χ3n) is 3.85. The molecule has 1 unspecified atom stereocenters. The summed E-state index contributed by atoms with van der Waals surface area (Å²) in [6.45, 7) is 3.53. The number of carbonyl (C=O) groups is 1. The smallest absolute Gasteiger partial charge is 0.248 e. The second-order valence-corrected chi connectivity index (χ2v) is 8.64. The molecule has 5 nitrogen and oxygen atoms in total. The van der Waals surface area contributed by atoms with Crippen molar-refractivity contribution in [2.45, 2.75) is 26.3 Å². The standard InChI is InChI=1S/C18H20Cl2N2O3S/c1-4-16(18(23)21-15-9-7-13(19)8-10-15)22(26(3,24)25)17-11-14(20)6-5-12(17)2/h5-11,16H,4H2,1-3H3,(H,21,23). The van der Waals surface area contributed by atoms with Gasteiger partial charge in [-0.15, -0.1) is 0 Å². The van der Waals surface area contributed by atoms with Gasteiger partial charge in [0.15, 0.2) is 0 Å². The van der Waals surface area contributed by atoms with Gasteiger partial charge in [0.25, 0.3) is 0 Å². The molecule has 0 heterocycles. The molecule has 0 fully saturated rings. The van der Waals surface area contributed by atoms with Crippen LogP contribution in [0.15, 0.2) is 42.5 Å². The molecule has 0 aromatic heterocycles. The molecule has 8 heteroatoms. The van der Waals surface area contributed by atoms with Gasteiger partial charge in [0.1, 0.15) is 6.04 Å². The number of halogens is 2. The Bertz CT molecular complexity index is 899. The van der Waals surface area contributed by atoms with E-state index in [1.807, 2.05) is 0 Å². The zero-order chi connectivity index (χ0) is 19.5. The van der Waals surface area contributed by atoms with Crippen molar-refractivity contribution in [2.75, 3.05) is 15.9 Å². The molecule has 0 aliphatic carbocycles. The van der Waals surface area contributed by atoms with Crippen LogP contribution in [-0.4, -0.2) is 26.6 Å². The quantitative estimate of drug-likeness (QED) is 0.756. The molecule has 2 aromatic rings. The normalized spacial score (nSPS) is 12.5. The van der Waals surface area contributed by atoms with Crippen LogP contribution in [0.1, 0.15) is 18.9 Å². The number of hydrogen-bond acceptors (Lipinski definition) is 3. The van der Waals surface area contributed by atoms with Gasteiger partial charge in [0, 0.05) is 15.7 Å². The van der Waals surface area contributed by atoms with Crippen LogP contribution in [0.5, 0.6) is 0 Å². The van der Waals surface area contributed by atoms with E-state index in [4.69, 9.17) is 23.2 Å². The van der Waals surface area contributed by atoms with Gasteiger partial charge >= 0.3 is 0 Å². The first-order chi connectivity index (χ1) is 12.1. The van der Waals surface area contributed by atoms with Gasteiger partial charge in [-0.05, 0) is 55.3 Å². The topological polar surface area (TPSA) is 66.5 Å². The summed E-state index contributed by atoms with van der Waals surface area (Å²) in [7, 11) is -3.72. The third kappa shape index (κ3) is 4.90. The molecule has 140 valence electrons. The molecule has 2 aromatic carbocycles. The summed E-state index contributed by atoms with van der Waals surface area (Å²) < 4.78 is 26.1. The van der Waals surface area contributed by atoms with E-state index in [2.05, 4.69) is 5.32 Å². The van der Waals surface area contributed by atoms with Crippen molar-refractivity contribution in [2.24, 2.45) is 0 Å². The highest BCUT2D eigenvalue weighted by Gasteiger charge is 2.32. The van der Waals surface area contributed by atoms with E-state index in [1.54, 1.807) is 56.3 Å². The van der Waals surface area contributed by atoms with E-state index in [1.165, 1.54) is 0 Å². The first-order valence-electron chi connectivity index (χ1n) is 7.95. The van der Waals surface area contributed by atoms with Crippen molar-refractivity contribution in [1.82, 2.24) is 0 Å². The maximum Gasteiger partial charge on any atom is 0.248 e. The molecule has 0 saturated heterocycles. The molecule has 1 N–H and O–H groups in total. The minimum absolute atomic E-state index is 0.290. The summed E-state index contributed by atoms with van der Waals surface area (Å²) >= 11 is 11.9. The molecule has 0 saturated carbocycles. The van der Waals surface area contributed by atoms with Gasteiger partial charge in [0.2, 0.25) is 15.9 Å². The monoisotopic (exact) mass is 414 g/mol. The fourth-order valence-electron chi connectivity index (χ4n) is 2.61. The molecule has 0 radical (unpaired) electrons. The number of aryl methyl sites for hydroxylation is 1. The summed E-state index contributed by atoms with van der Waals surface area (Å²) in [6, 6.07) is 10.6. The molecule has 0 aliphatic rings.